The van der Waals surface area contributed by atoms with Crippen LogP contribution in [0.15, 0.2) is 36.4 Å². The van der Waals surface area contributed by atoms with Gasteiger partial charge in [-0.05, 0) is 63.9 Å². The Morgan fingerprint density at radius 1 is 1.00 bits per heavy atom. The number of ether oxygens (including phenoxy) is 4. The summed E-state index contributed by atoms with van der Waals surface area (Å²) in [6.45, 7) is 0.146. The molecule has 3 N–H and O–H groups in total. The van der Waals surface area contributed by atoms with Crippen molar-refractivity contribution in [2.24, 2.45) is 5.92 Å². The third kappa shape index (κ3) is 8.53. The number of allylic oxidation sites excluding steroid dienone is 2. The van der Waals surface area contributed by atoms with Gasteiger partial charge in [0.1, 0.15) is 35.2 Å². The summed E-state index contributed by atoms with van der Waals surface area (Å²) in [7, 11) is -0.824. The number of cyclic esters (lactones) is 1. The van der Waals surface area contributed by atoms with Gasteiger partial charge in [-0.3, -0.25) is 19.1 Å². The van der Waals surface area contributed by atoms with Gasteiger partial charge < -0.3 is 34.5 Å². The van der Waals surface area contributed by atoms with E-state index >= 15 is 0 Å². The minimum atomic E-state index is -3.90. The van der Waals surface area contributed by atoms with Crippen molar-refractivity contribution in [1.82, 2.24) is 25.2 Å². The van der Waals surface area contributed by atoms with Gasteiger partial charge in [0.2, 0.25) is 27.7 Å². The molecule has 1 saturated heterocycles. The molecule has 0 radical (unpaired) electrons. The average Bonchev–Trinajstić information content (AvgIpc) is 4.09. The molecule has 296 valence electrons. The molecule has 4 heterocycles. The molecule has 15 nitrogen and oxygen atoms in total. The number of rotatable bonds is 5. The number of hydrogen-bond acceptors (Lipinski definition) is 11. The number of alkyl carbamates (subject to hydrolysis) is 1. The van der Waals surface area contributed by atoms with Gasteiger partial charge in [0.25, 0.3) is 5.91 Å². The van der Waals surface area contributed by atoms with Gasteiger partial charge >= 0.3 is 6.09 Å². The summed E-state index contributed by atoms with van der Waals surface area (Å²) in [4.78, 5) is 61.8. The Balaban J connectivity index is 1.26. The molecule has 3 aliphatic heterocycles. The topological polar surface area (TPSA) is 192 Å². The molecule has 1 aromatic heterocycles. The zero-order chi connectivity index (χ0) is 38.7. The van der Waals surface area contributed by atoms with Gasteiger partial charge in [-0.1, -0.05) is 37.1 Å². The minimum absolute atomic E-state index is 0.0161. The van der Waals surface area contributed by atoms with Crippen molar-refractivity contribution in [3.05, 3.63) is 42.0 Å². The lowest BCUT2D eigenvalue weighted by Gasteiger charge is -2.29. The second-order valence-electron chi connectivity index (χ2n) is 15.0. The predicted octanol–water partition coefficient (Wildman–Crippen LogP) is 3.90. The number of fused-ring (bicyclic) bond motifs is 4. The maximum absolute atomic E-state index is 14.5. The molecule has 2 aliphatic carbocycles. The van der Waals surface area contributed by atoms with E-state index in [1.54, 1.807) is 19.2 Å². The molecule has 5 aliphatic rings. The molecule has 2 saturated carbocycles. The summed E-state index contributed by atoms with van der Waals surface area (Å²) in [6.07, 6.45) is 12.9. The Morgan fingerprint density at radius 2 is 1.80 bits per heavy atom. The number of hydrogen-bond donors (Lipinski definition) is 3. The van der Waals surface area contributed by atoms with E-state index in [0.717, 1.165) is 31.2 Å². The molecule has 3 fully saturated rings. The van der Waals surface area contributed by atoms with E-state index in [9.17, 15) is 27.6 Å². The van der Waals surface area contributed by atoms with E-state index in [4.69, 9.17) is 18.9 Å². The molecule has 5 bridgehead atoms. The summed E-state index contributed by atoms with van der Waals surface area (Å²) in [5, 5.41) is 5.69. The largest absolute Gasteiger partial charge is 0.496 e. The molecule has 7 rings (SSSR count). The number of aromatic nitrogens is 1. The smallest absolute Gasteiger partial charge is 0.407 e. The number of carbonyl (C=O) groups excluding carboxylic acids is 4. The van der Waals surface area contributed by atoms with E-state index in [1.165, 1.54) is 12.0 Å². The van der Waals surface area contributed by atoms with Crippen molar-refractivity contribution >= 4 is 50.8 Å². The number of sulfonamides is 1. The van der Waals surface area contributed by atoms with Gasteiger partial charge in [0, 0.05) is 35.4 Å². The first kappa shape index (κ1) is 38.4. The van der Waals surface area contributed by atoms with E-state index in [1.807, 2.05) is 30.4 Å². The van der Waals surface area contributed by atoms with Gasteiger partial charge in [-0.15, -0.1) is 0 Å². The zero-order valence-electron chi connectivity index (χ0n) is 31.2. The highest BCUT2D eigenvalue weighted by atomic mass is 32.2. The third-order valence-corrected chi connectivity index (χ3v) is 12.9. The summed E-state index contributed by atoms with van der Waals surface area (Å²) in [5.74, 6) is -1.02. The van der Waals surface area contributed by atoms with Crippen LogP contribution >= 0.6 is 0 Å². The highest BCUT2D eigenvalue weighted by Crippen LogP contribution is 2.46. The predicted molar refractivity (Wildman–Crippen MR) is 202 cm³/mol. The van der Waals surface area contributed by atoms with E-state index in [-0.39, 0.29) is 31.9 Å². The Kier molecular flexibility index (Phi) is 11.2. The van der Waals surface area contributed by atoms with Gasteiger partial charge in [-0.25, -0.2) is 18.2 Å². The lowest BCUT2D eigenvalue weighted by Crippen LogP contribution is -2.58. The van der Waals surface area contributed by atoms with Crippen molar-refractivity contribution in [2.45, 2.75) is 106 Å². The fraction of sp³-hybridized carbons (Fsp3) is 0.564. The Bertz CT molecular complexity index is 2000. The number of amides is 4. The summed E-state index contributed by atoms with van der Waals surface area (Å²) in [5.41, 5.74) is -0.164. The molecular formula is C39H49N5O10S. The number of methoxy groups -OCH3 is 2. The molecule has 1 aromatic carbocycles. The first-order valence-electron chi connectivity index (χ1n) is 19.2. The van der Waals surface area contributed by atoms with Crippen LogP contribution in [0.5, 0.6) is 17.4 Å². The lowest BCUT2D eigenvalue weighted by atomic mass is 10.0. The molecule has 16 heteroatoms. The van der Waals surface area contributed by atoms with Crippen LogP contribution in [0.2, 0.25) is 0 Å². The summed E-state index contributed by atoms with van der Waals surface area (Å²) >= 11 is 0. The van der Waals surface area contributed by atoms with E-state index in [2.05, 4.69) is 20.3 Å². The quantitative estimate of drug-likeness (QED) is 0.373. The molecule has 0 unspecified atom stereocenters. The second-order valence-corrected chi connectivity index (χ2v) is 17.0. The fourth-order valence-electron chi connectivity index (χ4n) is 7.68. The zero-order valence-corrected chi connectivity index (χ0v) is 32.0. The van der Waals surface area contributed by atoms with Crippen LogP contribution in [0.3, 0.4) is 0 Å². The van der Waals surface area contributed by atoms with Gasteiger partial charge in [0.15, 0.2) is 0 Å². The highest BCUT2D eigenvalue weighted by molar-refractivity contribution is 7.91. The van der Waals surface area contributed by atoms with Crippen LogP contribution in [0, 0.1) is 5.92 Å². The molecular weight excluding hydrogens is 731 g/mol. The number of pyridine rings is 1. The maximum Gasteiger partial charge on any atom is 0.407 e. The molecule has 0 spiro atoms. The number of nitrogens with one attached hydrogen (secondary N) is 3. The van der Waals surface area contributed by atoms with Crippen molar-refractivity contribution in [3.63, 3.8) is 0 Å². The van der Waals surface area contributed by atoms with Gasteiger partial charge in [0.05, 0.1) is 38.1 Å². The Hall–Kier alpha value is -4.86. The molecule has 4 amide bonds. The number of benzene rings is 1. The van der Waals surface area contributed by atoms with Crippen LogP contribution in [-0.2, 0) is 29.1 Å². The number of carbonyl (C=O) groups is 4. The first-order chi connectivity index (χ1) is 26.5. The van der Waals surface area contributed by atoms with Crippen LogP contribution in [0.1, 0.15) is 82.6 Å². The van der Waals surface area contributed by atoms with Crippen molar-refractivity contribution in [1.29, 1.82) is 0 Å². The van der Waals surface area contributed by atoms with Crippen molar-refractivity contribution in [2.75, 3.05) is 27.4 Å². The van der Waals surface area contributed by atoms with Crippen molar-refractivity contribution in [3.8, 4) is 17.4 Å². The standard InChI is InChI=1S/C39H49N5O10S/c1-51-32-20-30-28-18-24(32)12-8-6-7-11-17-53-38(48)41-29-14-10-5-3-4-9-13-25-22-39(25,37(47)43-55(49,50)27-15-16-27)42-35(45)31-19-26(23-44(31)36(29)46)54-33(28)21-34(40-30)52-2/h8-9,12-13,18,20-21,25-27,29,31H,3-7,10-11,14-17,19,22-23H2,1-2H3,(H,41,48)(H,42,45)(H,43,47)/b12-8+,13-9-/t25-,26+,29-,31-,39+/m0/s1. The van der Waals surface area contributed by atoms with E-state index < -0.39 is 68.7 Å². The minimum Gasteiger partial charge on any atom is -0.496 e. The third-order valence-electron chi connectivity index (χ3n) is 11.0. The molecule has 5 atom stereocenters. The van der Waals surface area contributed by atoms with E-state index in [0.29, 0.717) is 60.9 Å². The second kappa shape index (κ2) is 16.1. The van der Waals surface area contributed by atoms with Crippen LogP contribution in [-0.4, -0.2) is 98.5 Å². The summed E-state index contributed by atoms with van der Waals surface area (Å²) < 4.78 is 51.3. The highest BCUT2D eigenvalue weighted by Gasteiger charge is 2.62. The normalized spacial score (nSPS) is 29.1. The molecule has 55 heavy (non-hydrogen) atoms. The fourth-order valence-corrected chi connectivity index (χ4v) is 9.04. The Morgan fingerprint density at radius 3 is 2.58 bits per heavy atom. The van der Waals surface area contributed by atoms with Crippen LogP contribution in [0.4, 0.5) is 4.79 Å². The maximum atomic E-state index is 14.5. The Labute approximate surface area is 320 Å². The first-order valence-corrected chi connectivity index (χ1v) is 20.7. The lowest BCUT2D eigenvalue weighted by molar-refractivity contribution is -0.141. The monoisotopic (exact) mass is 779 g/mol. The number of nitrogens with zero attached hydrogens (tertiary/aromatic N) is 2. The average molecular weight is 780 g/mol. The van der Waals surface area contributed by atoms with Crippen LogP contribution < -0.4 is 29.6 Å². The summed E-state index contributed by atoms with van der Waals surface area (Å²) in [6, 6.07) is 3.26. The van der Waals surface area contributed by atoms with Crippen molar-refractivity contribution < 1.29 is 46.5 Å². The SMILES string of the molecule is COc1cc2c3cc(c(OC)cc3n1)/C=C/CCCCOC(=O)N[C@H]1CCCCC/C=C\[C@H]3C[C@@]3(C(=O)NS(=O)(=O)C3CC3)NC(=O)[C@@H]3C[C@H](CN3C1=O)O2. The van der Waals surface area contributed by atoms with Gasteiger partial charge in [-0.2, -0.15) is 0 Å². The van der Waals surface area contributed by atoms with Crippen LogP contribution in [0.25, 0.3) is 17.0 Å². The molecule has 2 aromatic rings.